The van der Waals surface area contributed by atoms with Crippen molar-refractivity contribution < 1.29 is 23.9 Å². The standard InChI is InChI=1S/C21H27I2N3O5/c1-20(2,3)30-18(28)22-26(23-19(29)31-21(4,5)6)17-12-8-11-16(25-17)15-10-7-9-14(13-27)24-15/h7-13,22-23H,1-6H3. The van der Waals surface area contributed by atoms with Gasteiger partial charge in [0.1, 0.15) is 0 Å². The van der Waals surface area contributed by atoms with Gasteiger partial charge in [-0.25, -0.2) is 0 Å². The molecule has 0 radical (unpaired) electrons. The quantitative estimate of drug-likeness (QED) is 0.158. The molecule has 0 bridgehead atoms. The van der Waals surface area contributed by atoms with Crippen molar-refractivity contribution in [1.29, 1.82) is 0 Å². The molecule has 0 aliphatic heterocycles. The number of hydrogen-bond acceptors (Lipinski definition) is 8. The van der Waals surface area contributed by atoms with Crippen LogP contribution in [-0.2, 0) is 9.47 Å². The molecular formula is C21H27I2N3O5. The van der Waals surface area contributed by atoms with Crippen molar-refractivity contribution >= 4 is 63.0 Å². The summed E-state index contributed by atoms with van der Waals surface area (Å²) < 4.78 is 12.1. The average Bonchev–Trinajstić information content (AvgIpc) is 2.64. The number of ether oxygens (including phenoxy) is 2. The first-order valence-corrected chi connectivity index (χ1v) is 13.8. The molecule has 2 rings (SSSR count). The molecule has 8 nitrogen and oxygen atoms in total. The summed E-state index contributed by atoms with van der Waals surface area (Å²) in [5.41, 5.74) is 0.136. The number of aromatic nitrogens is 2. The van der Waals surface area contributed by atoms with Gasteiger partial charge in [0.2, 0.25) is 0 Å². The molecule has 0 saturated heterocycles. The molecular weight excluding hydrogens is 628 g/mol. The van der Waals surface area contributed by atoms with Crippen LogP contribution in [0.15, 0.2) is 36.4 Å². The Labute approximate surface area is 203 Å². The molecule has 0 atom stereocenters. The van der Waals surface area contributed by atoms with E-state index >= 15 is 0 Å². The number of rotatable bonds is 7. The molecule has 0 aliphatic carbocycles. The van der Waals surface area contributed by atoms with E-state index in [1.165, 1.54) is 0 Å². The molecule has 0 amide bonds. The van der Waals surface area contributed by atoms with E-state index in [9.17, 15) is 14.4 Å². The second-order valence-electron chi connectivity index (χ2n) is 8.32. The van der Waals surface area contributed by atoms with Crippen LogP contribution in [0.4, 0.5) is 15.4 Å². The Bertz CT molecular complexity index is 925. The monoisotopic (exact) mass is 655 g/mol. The van der Waals surface area contributed by atoms with E-state index in [2.05, 4.69) is 9.97 Å². The molecule has 0 aliphatic rings. The van der Waals surface area contributed by atoms with Gasteiger partial charge in [0, 0.05) is 0 Å². The summed E-state index contributed by atoms with van der Waals surface area (Å²) in [6.07, 6.45) is 0.670. The van der Waals surface area contributed by atoms with E-state index in [0.29, 0.717) is 29.2 Å². The minimum absolute atomic E-state index is 0.298. The maximum atomic E-state index is 12.5. The number of carbonyl (C=O) groups excluding carboxylic acids is 3. The van der Waals surface area contributed by atoms with Gasteiger partial charge >= 0.3 is 204 Å². The third kappa shape index (κ3) is 9.05. The topological polar surface area (TPSA) is 98.7 Å². The maximum absolute atomic E-state index is 12.5. The normalized spacial score (nSPS) is 11.8. The summed E-state index contributed by atoms with van der Waals surface area (Å²) in [6, 6.07) is 10.4. The second kappa shape index (κ2) is 10.7. The second-order valence-corrected chi connectivity index (χ2v) is 15.6. The molecule has 170 valence electrons. The van der Waals surface area contributed by atoms with Crippen molar-refractivity contribution in [3.05, 3.63) is 42.1 Å². The van der Waals surface area contributed by atoms with Crippen LogP contribution < -0.4 is 1.33 Å². The number of aldehydes is 1. The Morgan fingerprint density at radius 2 is 1.32 bits per heavy atom. The number of hydrogen-bond donors (Lipinski definition) is 0. The zero-order chi connectivity index (χ0) is 23.2. The van der Waals surface area contributed by atoms with Crippen LogP contribution in [0.3, 0.4) is 0 Å². The summed E-state index contributed by atoms with van der Waals surface area (Å²) in [4.78, 5) is 45.0. The molecule has 0 aromatic carbocycles. The molecule has 2 aromatic heterocycles. The van der Waals surface area contributed by atoms with Gasteiger partial charge in [-0.3, -0.25) is 0 Å². The summed E-state index contributed by atoms with van der Waals surface area (Å²) >= 11 is -3.09. The molecule has 0 saturated carbocycles. The van der Waals surface area contributed by atoms with Crippen molar-refractivity contribution in [2.75, 3.05) is 1.33 Å². The van der Waals surface area contributed by atoms with Gasteiger partial charge in [0.05, 0.1) is 0 Å². The average molecular weight is 655 g/mol. The molecule has 0 spiro atoms. The number of nitrogens with zero attached hydrogens (tertiary/aromatic N) is 3. The Balaban J connectivity index is 2.34. The van der Waals surface area contributed by atoms with Gasteiger partial charge in [-0.05, 0) is 0 Å². The molecule has 10 heteroatoms. The molecule has 2 heterocycles. The minimum atomic E-state index is -1.55. The van der Waals surface area contributed by atoms with Gasteiger partial charge < -0.3 is 0 Å². The zero-order valence-corrected chi connectivity index (χ0v) is 22.9. The number of pyridine rings is 2. The first kappa shape index (κ1) is 25.4. The van der Waals surface area contributed by atoms with Crippen LogP contribution in [0.2, 0.25) is 0 Å². The van der Waals surface area contributed by atoms with Gasteiger partial charge in [0.15, 0.2) is 0 Å². The third-order valence-corrected chi connectivity index (χ3v) is 9.36. The van der Waals surface area contributed by atoms with Crippen LogP contribution >= 0.6 is 43.0 Å². The first-order chi connectivity index (χ1) is 14.4. The molecule has 0 unspecified atom stereocenters. The van der Waals surface area contributed by atoms with Crippen molar-refractivity contribution in [1.82, 2.24) is 9.97 Å². The van der Waals surface area contributed by atoms with E-state index in [1.54, 1.807) is 79.3 Å². The Kier molecular flexibility index (Phi) is 8.74. The summed E-state index contributed by atoms with van der Waals surface area (Å²) in [5, 5.41) is 0. The SMILES string of the molecule is CC(C)(C)OC(=O)[IH]N([IH]C(=O)OC(C)(C)C)c1cccc(-c2cccc(C=O)n2)n1. The third-order valence-electron chi connectivity index (χ3n) is 3.17. The number of carbonyl (C=O) groups is 3. The van der Waals surface area contributed by atoms with Crippen molar-refractivity contribution in [3.8, 4) is 11.4 Å². The van der Waals surface area contributed by atoms with Gasteiger partial charge in [-0.1, -0.05) is 0 Å². The fourth-order valence-corrected chi connectivity index (χ4v) is 8.79. The van der Waals surface area contributed by atoms with Crippen LogP contribution in [0, 0.1) is 0 Å². The Hall–Kier alpha value is -1.83. The molecule has 2 aromatic rings. The van der Waals surface area contributed by atoms with Crippen LogP contribution in [0.5, 0.6) is 0 Å². The Morgan fingerprint density at radius 1 is 0.839 bits per heavy atom. The van der Waals surface area contributed by atoms with Crippen LogP contribution in [0.1, 0.15) is 52.0 Å². The zero-order valence-electron chi connectivity index (χ0n) is 18.2. The van der Waals surface area contributed by atoms with E-state index < -0.39 is 54.2 Å². The van der Waals surface area contributed by atoms with Gasteiger partial charge in [-0.15, -0.1) is 0 Å². The first-order valence-electron chi connectivity index (χ1n) is 9.38. The Morgan fingerprint density at radius 3 is 1.81 bits per heavy atom. The van der Waals surface area contributed by atoms with Crippen molar-refractivity contribution in [3.63, 3.8) is 0 Å². The summed E-state index contributed by atoms with van der Waals surface area (Å²) in [5.74, 6) is 0.498. The van der Waals surface area contributed by atoms with Gasteiger partial charge in [0.25, 0.3) is 0 Å². The molecule has 0 N–H and O–H groups in total. The number of halogens is 2. The van der Waals surface area contributed by atoms with Crippen molar-refractivity contribution in [2.24, 2.45) is 0 Å². The van der Waals surface area contributed by atoms with E-state index in [4.69, 9.17) is 9.47 Å². The fourth-order valence-electron chi connectivity index (χ4n) is 2.11. The van der Waals surface area contributed by atoms with Gasteiger partial charge in [-0.2, -0.15) is 0 Å². The summed E-state index contributed by atoms with van der Waals surface area (Å²) in [6.45, 7) is 10.8. The van der Waals surface area contributed by atoms with E-state index in [-0.39, 0.29) is 7.95 Å². The van der Waals surface area contributed by atoms with Crippen LogP contribution in [-0.4, -0.2) is 35.4 Å². The molecule has 0 fully saturated rings. The molecule has 31 heavy (non-hydrogen) atoms. The van der Waals surface area contributed by atoms with Crippen LogP contribution in [0.25, 0.3) is 11.4 Å². The van der Waals surface area contributed by atoms with E-state index in [0.717, 1.165) is 0 Å². The fraction of sp³-hybridized carbons (Fsp3) is 0.381. The predicted molar refractivity (Wildman–Crippen MR) is 139 cm³/mol. The predicted octanol–water partition coefficient (Wildman–Crippen LogP) is 5.87. The summed E-state index contributed by atoms with van der Waals surface area (Å²) in [7, 11) is 0. The number of anilines is 1. The van der Waals surface area contributed by atoms with Crippen molar-refractivity contribution in [2.45, 2.75) is 52.7 Å². The van der Waals surface area contributed by atoms with E-state index in [1.807, 2.05) is 0 Å².